The molecule has 0 unspecified atom stereocenters. The molecule has 0 aliphatic rings. The molecule has 0 fully saturated rings. The topological polar surface area (TPSA) is 17.1 Å². The van der Waals surface area contributed by atoms with Crippen LogP contribution in [-0.2, 0) is 4.79 Å². The van der Waals surface area contributed by atoms with Gasteiger partial charge in [0.25, 0.3) is 0 Å². The van der Waals surface area contributed by atoms with Crippen LogP contribution in [-0.4, -0.2) is 20.7 Å². The number of hydrogen-bond acceptors (Lipinski definition) is 1. The molecule has 0 N–H and O–H groups in total. The molecular weight excluding hydrogens is 227 g/mol. The van der Waals surface area contributed by atoms with E-state index in [1.807, 2.05) is 30.3 Å². The minimum absolute atomic E-state index is 0.127. The van der Waals surface area contributed by atoms with Crippen molar-refractivity contribution in [3.8, 4) is 0 Å². The van der Waals surface area contributed by atoms with E-state index in [2.05, 4.69) is 5.82 Å². The van der Waals surface area contributed by atoms with Crippen LogP contribution in [0.3, 0.4) is 0 Å². The van der Waals surface area contributed by atoms with E-state index in [9.17, 15) is 4.79 Å². The first-order valence-electron chi connectivity index (χ1n) is 4.05. The molecule has 1 rings (SSSR count). The Balaban J connectivity index is 2.98. The van der Waals surface area contributed by atoms with Gasteiger partial charge in [-0.2, -0.15) is 0 Å². The maximum atomic E-state index is 10.9. The summed E-state index contributed by atoms with van der Waals surface area (Å²) in [7, 11) is 0. The van der Waals surface area contributed by atoms with E-state index in [1.54, 1.807) is 13.0 Å². The van der Waals surface area contributed by atoms with Crippen molar-refractivity contribution in [2.75, 3.05) is 0 Å². The second-order valence-electron chi connectivity index (χ2n) is 2.69. The van der Waals surface area contributed by atoms with E-state index < -0.39 is 0 Å². The monoisotopic (exact) mass is 240 g/mol. The summed E-state index contributed by atoms with van der Waals surface area (Å²) in [5, 5.41) is 0. The molecule has 1 aromatic carbocycles. The number of ketones is 1. The van der Waals surface area contributed by atoms with Gasteiger partial charge in [-0.05, 0) is 0 Å². The maximum absolute atomic E-state index is 10.9. The number of allylic oxidation sites excluding steroid dienone is 1. The van der Waals surface area contributed by atoms with Gasteiger partial charge < -0.3 is 0 Å². The predicted octanol–water partition coefficient (Wildman–Crippen LogP) is 2.37. The molecule has 0 aliphatic heterocycles. The van der Waals surface area contributed by atoms with Crippen LogP contribution in [0, 0.1) is 0 Å². The zero-order valence-electron chi connectivity index (χ0n) is 7.78. The molecule has 68 valence electrons. The van der Waals surface area contributed by atoms with Gasteiger partial charge in [-0.25, -0.2) is 0 Å². The molecule has 2 heteroatoms. The number of carbonyl (C=O) groups excluding carboxylic acids is 1. The van der Waals surface area contributed by atoms with Crippen LogP contribution in [0.2, 0.25) is 5.82 Å². The summed E-state index contributed by atoms with van der Waals surface area (Å²) in [5.41, 5.74) is 1.17. The summed E-state index contributed by atoms with van der Waals surface area (Å²) < 4.78 is 1.17. The Labute approximate surface area is 85.0 Å². The van der Waals surface area contributed by atoms with E-state index in [0.29, 0.717) is 15.0 Å². The Bertz CT molecular complexity index is 314. The molecule has 0 saturated heterocycles. The first-order valence-corrected chi connectivity index (χ1v) is 6.62. The van der Waals surface area contributed by atoms with Crippen LogP contribution >= 0.6 is 0 Å². The Kier molecular flexibility index (Phi) is 3.94. The van der Waals surface area contributed by atoms with Crippen LogP contribution < -0.4 is 0 Å². The zero-order valence-corrected chi connectivity index (χ0v) is 9.49. The fourth-order valence-electron chi connectivity index (χ4n) is 1.05. The van der Waals surface area contributed by atoms with Crippen LogP contribution in [0.5, 0.6) is 0 Å². The molecule has 0 heterocycles. The Morgan fingerprint density at radius 2 is 1.92 bits per heavy atom. The van der Waals surface area contributed by atoms with Crippen LogP contribution in [0.1, 0.15) is 12.5 Å². The molecule has 0 radical (unpaired) electrons. The van der Waals surface area contributed by atoms with Crippen molar-refractivity contribution in [2.24, 2.45) is 0 Å². The fraction of sp³-hybridized carbons (Fsp3) is 0.182. The molecule has 1 nitrogen and oxygen atoms in total. The summed E-state index contributed by atoms with van der Waals surface area (Å²) in [6.07, 6.45) is 1.73. The zero-order chi connectivity index (χ0) is 9.68. The fourth-order valence-corrected chi connectivity index (χ4v) is 2.42. The molecule has 0 aliphatic carbocycles. The molecule has 13 heavy (non-hydrogen) atoms. The summed E-state index contributed by atoms with van der Waals surface area (Å²) in [4.78, 5) is 10.9. The van der Waals surface area contributed by atoms with Gasteiger partial charge in [0, 0.05) is 0 Å². The molecule has 0 saturated carbocycles. The SMILES string of the molecule is C[Se]/C(=C\C(C)=O)c1ccccc1. The van der Waals surface area contributed by atoms with Crippen molar-refractivity contribution in [3.63, 3.8) is 0 Å². The number of carbonyl (C=O) groups is 1. The van der Waals surface area contributed by atoms with Crippen LogP contribution in [0.25, 0.3) is 4.47 Å². The minimum atomic E-state index is 0.127. The molecule has 1 aromatic rings. The van der Waals surface area contributed by atoms with E-state index in [1.165, 1.54) is 10.0 Å². The first-order chi connectivity index (χ1) is 6.24. The van der Waals surface area contributed by atoms with Crippen molar-refractivity contribution in [2.45, 2.75) is 12.7 Å². The van der Waals surface area contributed by atoms with Gasteiger partial charge in [0.15, 0.2) is 0 Å². The van der Waals surface area contributed by atoms with Gasteiger partial charge in [0.05, 0.1) is 0 Å². The normalized spacial score (nSPS) is 11.4. The average molecular weight is 239 g/mol. The Morgan fingerprint density at radius 1 is 1.31 bits per heavy atom. The van der Waals surface area contributed by atoms with Gasteiger partial charge in [-0.15, -0.1) is 0 Å². The van der Waals surface area contributed by atoms with Gasteiger partial charge in [-0.1, -0.05) is 0 Å². The Morgan fingerprint density at radius 3 is 2.38 bits per heavy atom. The van der Waals surface area contributed by atoms with Gasteiger partial charge in [0.2, 0.25) is 0 Å². The number of hydrogen-bond donors (Lipinski definition) is 0. The summed E-state index contributed by atoms with van der Waals surface area (Å²) >= 11 is 0.368. The quantitative estimate of drug-likeness (QED) is 0.584. The van der Waals surface area contributed by atoms with Crippen molar-refractivity contribution in [3.05, 3.63) is 42.0 Å². The van der Waals surface area contributed by atoms with Gasteiger partial charge in [-0.3, -0.25) is 0 Å². The summed E-state index contributed by atoms with van der Waals surface area (Å²) in [6, 6.07) is 10.1. The van der Waals surface area contributed by atoms with E-state index in [4.69, 9.17) is 0 Å². The first kappa shape index (κ1) is 10.2. The third kappa shape index (κ3) is 3.17. The van der Waals surface area contributed by atoms with Crippen molar-refractivity contribution < 1.29 is 4.79 Å². The third-order valence-corrected chi connectivity index (χ3v) is 3.28. The van der Waals surface area contributed by atoms with Crippen molar-refractivity contribution in [1.29, 1.82) is 0 Å². The van der Waals surface area contributed by atoms with Gasteiger partial charge >= 0.3 is 84.7 Å². The summed E-state index contributed by atoms with van der Waals surface area (Å²) in [6.45, 7) is 1.59. The van der Waals surface area contributed by atoms with Crippen LogP contribution in [0.4, 0.5) is 0 Å². The van der Waals surface area contributed by atoms with E-state index in [-0.39, 0.29) is 5.78 Å². The van der Waals surface area contributed by atoms with Crippen molar-refractivity contribution >= 4 is 25.2 Å². The van der Waals surface area contributed by atoms with E-state index in [0.717, 1.165) is 0 Å². The number of benzene rings is 1. The molecule has 0 atom stereocenters. The van der Waals surface area contributed by atoms with Crippen LogP contribution in [0.15, 0.2) is 36.4 Å². The molecular formula is C11H12OSe. The van der Waals surface area contributed by atoms with Crippen molar-refractivity contribution in [1.82, 2.24) is 0 Å². The predicted molar refractivity (Wildman–Crippen MR) is 56.7 cm³/mol. The second kappa shape index (κ2) is 5.00. The number of rotatable bonds is 3. The average Bonchev–Trinajstić information content (AvgIpc) is 2.15. The summed E-state index contributed by atoms with van der Waals surface area (Å²) in [5.74, 6) is 2.25. The third-order valence-electron chi connectivity index (χ3n) is 1.61. The second-order valence-corrected chi connectivity index (χ2v) is 4.47. The molecule has 0 amide bonds. The standard InChI is InChI=1S/C11H12OSe/c1-9(12)8-11(13-2)10-6-4-3-5-7-10/h3-8H,1-2H3/b11-8-. The molecule has 0 aromatic heterocycles. The Hall–Kier alpha value is -0.851. The molecule has 0 bridgehead atoms. The molecule has 0 spiro atoms. The van der Waals surface area contributed by atoms with Gasteiger partial charge in [0.1, 0.15) is 0 Å². The van der Waals surface area contributed by atoms with E-state index >= 15 is 0 Å².